The van der Waals surface area contributed by atoms with Crippen molar-refractivity contribution >= 4 is 0 Å². The summed E-state index contributed by atoms with van der Waals surface area (Å²) in [6.07, 6.45) is 2.04. The first-order valence-corrected chi connectivity index (χ1v) is 7.83. The van der Waals surface area contributed by atoms with Crippen LogP contribution in [0.4, 0.5) is 0 Å². The van der Waals surface area contributed by atoms with E-state index in [9.17, 15) is 0 Å². The van der Waals surface area contributed by atoms with Gasteiger partial charge in [0, 0.05) is 0 Å². The summed E-state index contributed by atoms with van der Waals surface area (Å²) in [7, 11) is 0. The number of benzene rings is 2. The molecule has 2 heteroatoms. The number of aryl methyl sites for hydroxylation is 1. The van der Waals surface area contributed by atoms with Crippen LogP contribution in [-0.4, -0.2) is 13.1 Å². The summed E-state index contributed by atoms with van der Waals surface area (Å²) in [6.45, 7) is 6.96. The molecule has 0 saturated carbocycles. The number of hydrogen-bond acceptors (Lipinski definition) is 2. The molecule has 0 amide bonds. The third kappa shape index (κ3) is 4.61. The molecule has 2 nitrogen and oxygen atoms in total. The molecule has 21 heavy (non-hydrogen) atoms. The van der Waals surface area contributed by atoms with Gasteiger partial charge in [-0.05, 0) is 48.7 Å². The third-order valence-electron chi connectivity index (χ3n) is 3.68. The number of likely N-dealkylation sites (N-methyl/N-ethyl adjacent to an activating group) is 1. The summed E-state index contributed by atoms with van der Waals surface area (Å²) >= 11 is 0. The third-order valence-corrected chi connectivity index (χ3v) is 3.68. The van der Waals surface area contributed by atoms with Gasteiger partial charge in [0.05, 0.1) is 0 Å². The maximum absolute atomic E-state index is 6.04. The number of nitrogens with one attached hydrogen (secondary N) is 1. The van der Waals surface area contributed by atoms with Crippen LogP contribution in [0.25, 0.3) is 0 Å². The van der Waals surface area contributed by atoms with Crippen molar-refractivity contribution in [3.8, 4) is 5.75 Å². The smallest absolute Gasteiger partial charge is 0.122 e. The summed E-state index contributed by atoms with van der Waals surface area (Å²) in [6, 6.07) is 16.8. The fraction of sp³-hybridized carbons (Fsp3) is 0.368. The Morgan fingerprint density at radius 3 is 2.24 bits per heavy atom. The molecule has 0 aliphatic heterocycles. The Morgan fingerprint density at radius 2 is 1.52 bits per heavy atom. The minimum Gasteiger partial charge on any atom is -0.489 e. The van der Waals surface area contributed by atoms with Gasteiger partial charge in [-0.15, -0.1) is 0 Å². The van der Waals surface area contributed by atoms with E-state index in [-0.39, 0.29) is 0 Å². The van der Waals surface area contributed by atoms with Crippen LogP contribution in [0.3, 0.4) is 0 Å². The number of rotatable bonds is 8. The van der Waals surface area contributed by atoms with Gasteiger partial charge in [0.15, 0.2) is 0 Å². The van der Waals surface area contributed by atoms with Crippen molar-refractivity contribution in [2.24, 2.45) is 0 Å². The average molecular weight is 283 g/mol. The van der Waals surface area contributed by atoms with Crippen molar-refractivity contribution in [3.63, 3.8) is 0 Å². The average Bonchev–Trinajstić information content (AvgIpc) is 2.54. The molecule has 2 aromatic carbocycles. The summed E-state index contributed by atoms with van der Waals surface area (Å²) in [5.74, 6) is 1.00. The molecule has 0 spiro atoms. The van der Waals surface area contributed by atoms with Gasteiger partial charge in [0.2, 0.25) is 0 Å². The lowest BCUT2D eigenvalue weighted by molar-refractivity contribution is 0.302. The second kappa shape index (κ2) is 8.48. The molecule has 2 aromatic rings. The van der Waals surface area contributed by atoms with Crippen molar-refractivity contribution < 1.29 is 4.74 Å². The maximum Gasteiger partial charge on any atom is 0.122 e. The Labute approximate surface area is 128 Å². The van der Waals surface area contributed by atoms with Crippen LogP contribution < -0.4 is 10.1 Å². The van der Waals surface area contributed by atoms with Crippen molar-refractivity contribution in [2.75, 3.05) is 13.1 Å². The first-order valence-electron chi connectivity index (χ1n) is 7.83. The van der Waals surface area contributed by atoms with E-state index in [0.717, 1.165) is 31.7 Å². The van der Waals surface area contributed by atoms with Crippen molar-refractivity contribution in [1.29, 1.82) is 0 Å². The first-order chi connectivity index (χ1) is 10.3. The largest absolute Gasteiger partial charge is 0.489 e. The van der Waals surface area contributed by atoms with E-state index in [4.69, 9.17) is 4.74 Å². The summed E-state index contributed by atoms with van der Waals surface area (Å²) in [5.41, 5.74) is 3.91. The zero-order valence-electron chi connectivity index (χ0n) is 13.1. The summed E-state index contributed by atoms with van der Waals surface area (Å²) in [5, 5.41) is 3.38. The highest BCUT2D eigenvalue weighted by Gasteiger charge is 2.05. The molecule has 0 radical (unpaired) electrons. The molecule has 2 rings (SSSR count). The van der Waals surface area contributed by atoms with E-state index in [1.165, 1.54) is 16.7 Å². The van der Waals surface area contributed by atoms with E-state index in [0.29, 0.717) is 6.61 Å². The van der Waals surface area contributed by atoms with Gasteiger partial charge in [-0.1, -0.05) is 56.3 Å². The van der Waals surface area contributed by atoms with Gasteiger partial charge in [0.25, 0.3) is 0 Å². The SMILES string of the molecule is CCNCCc1ccccc1COc1ccccc1CC. The zero-order chi connectivity index (χ0) is 14.9. The summed E-state index contributed by atoms with van der Waals surface area (Å²) in [4.78, 5) is 0. The number of ether oxygens (including phenoxy) is 1. The van der Waals surface area contributed by atoms with Gasteiger partial charge < -0.3 is 10.1 Å². The van der Waals surface area contributed by atoms with E-state index in [1.807, 2.05) is 6.07 Å². The van der Waals surface area contributed by atoms with Crippen molar-refractivity contribution in [3.05, 3.63) is 65.2 Å². The molecule has 0 saturated heterocycles. The molecule has 0 atom stereocenters. The molecule has 0 fully saturated rings. The van der Waals surface area contributed by atoms with Gasteiger partial charge in [0.1, 0.15) is 12.4 Å². The quantitative estimate of drug-likeness (QED) is 0.740. The highest BCUT2D eigenvalue weighted by Crippen LogP contribution is 2.20. The van der Waals surface area contributed by atoms with Crippen LogP contribution >= 0.6 is 0 Å². The van der Waals surface area contributed by atoms with Gasteiger partial charge in [-0.3, -0.25) is 0 Å². The van der Waals surface area contributed by atoms with E-state index in [2.05, 4.69) is 61.6 Å². The van der Waals surface area contributed by atoms with Gasteiger partial charge in [-0.25, -0.2) is 0 Å². The lowest BCUT2D eigenvalue weighted by Crippen LogP contribution is -2.17. The minimum absolute atomic E-state index is 0.638. The maximum atomic E-state index is 6.04. The lowest BCUT2D eigenvalue weighted by Gasteiger charge is -2.13. The second-order valence-electron chi connectivity index (χ2n) is 5.12. The topological polar surface area (TPSA) is 21.3 Å². The zero-order valence-corrected chi connectivity index (χ0v) is 13.1. The Morgan fingerprint density at radius 1 is 0.857 bits per heavy atom. The van der Waals surface area contributed by atoms with Crippen LogP contribution in [0.5, 0.6) is 5.75 Å². The molecule has 112 valence electrons. The molecule has 0 aromatic heterocycles. The van der Waals surface area contributed by atoms with Gasteiger partial charge >= 0.3 is 0 Å². The van der Waals surface area contributed by atoms with Crippen LogP contribution in [-0.2, 0) is 19.4 Å². The molecule has 0 aliphatic carbocycles. The predicted octanol–water partition coefficient (Wildman–Crippen LogP) is 3.98. The van der Waals surface area contributed by atoms with Crippen LogP contribution in [0.15, 0.2) is 48.5 Å². The first kappa shape index (κ1) is 15.6. The molecule has 0 aliphatic rings. The molecule has 0 unspecified atom stereocenters. The highest BCUT2D eigenvalue weighted by molar-refractivity contribution is 5.34. The van der Waals surface area contributed by atoms with Crippen LogP contribution in [0.1, 0.15) is 30.5 Å². The number of para-hydroxylation sites is 1. The monoisotopic (exact) mass is 283 g/mol. The molecular formula is C19H25NO. The van der Waals surface area contributed by atoms with E-state index in [1.54, 1.807) is 0 Å². The van der Waals surface area contributed by atoms with E-state index < -0.39 is 0 Å². The van der Waals surface area contributed by atoms with Crippen LogP contribution in [0, 0.1) is 0 Å². The fourth-order valence-corrected chi connectivity index (χ4v) is 2.43. The van der Waals surface area contributed by atoms with Crippen molar-refractivity contribution in [2.45, 2.75) is 33.3 Å². The van der Waals surface area contributed by atoms with Crippen LogP contribution in [0.2, 0.25) is 0 Å². The number of hydrogen-bond donors (Lipinski definition) is 1. The van der Waals surface area contributed by atoms with E-state index >= 15 is 0 Å². The minimum atomic E-state index is 0.638. The fourth-order valence-electron chi connectivity index (χ4n) is 2.43. The standard InChI is InChI=1S/C19H25NO/c1-3-16-9-7-8-12-19(16)21-15-18-11-6-5-10-17(18)13-14-20-4-2/h5-12,20H,3-4,13-15H2,1-2H3. The predicted molar refractivity (Wildman–Crippen MR) is 88.8 cm³/mol. The molecule has 0 bridgehead atoms. The Hall–Kier alpha value is -1.80. The Balaban J connectivity index is 2.02. The summed E-state index contributed by atoms with van der Waals surface area (Å²) < 4.78 is 6.04. The molecule has 0 heterocycles. The molecule has 1 N–H and O–H groups in total. The van der Waals surface area contributed by atoms with Crippen molar-refractivity contribution in [1.82, 2.24) is 5.32 Å². The Bertz CT molecular complexity index is 551. The molecular weight excluding hydrogens is 258 g/mol. The Kier molecular flexibility index (Phi) is 6.29. The lowest BCUT2D eigenvalue weighted by atomic mass is 10.1. The highest BCUT2D eigenvalue weighted by atomic mass is 16.5. The second-order valence-corrected chi connectivity index (χ2v) is 5.12. The van der Waals surface area contributed by atoms with Gasteiger partial charge in [-0.2, -0.15) is 0 Å². The normalized spacial score (nSPS) is 10.6.